The van der Waals surface area contributed by atoms with Crippen LogP contribution in [0.3, 0.4) is 0 Å². The number of rotatable bonds is 0. The molecule has 0 aliphatic rings. The molecule has 56 valence electrons. The summed E-state index contributed by atoms with van der Waals surface area (Å²) >= 11 is 0. The van der Waals surface area contributed by atoms with E-state index in [-0.39, 0.29) is 55.1 Å². The largest absolute Gasteiger partial charge is 3.00 e. The van der Waals surface area contributed by atoms with Crippen molar-refractivity contribution in [2.75, 3.05) is 0 Å². The van der Waals surface area contributed by atoms with E-state index in [9.17, 15) is 0 Å². The van der Waals surface area contributed by atoms with Gasteiger partial charge < -0.3 is 24.1 Å². The second-order valence-electron chi connectivity index (χ2n) is 0.658. The molecule has 0 atom stereocenters. The maximum atomic E-state index is 8.52. The van der Waals surface area contributed by atoms with E-state index in [0.29, 0.717) is 0 Å². The molecule has 0 amide bonds. The van der Waals surface area contributed by atoms with Crippen LogP contribution in [0.4, 0.5) is 4.79 Å². The minimum atomic E-state index is -5.17. The molecule has 0 aliphatic heterocycles. The number of hydrogen-bond donors (Lipinski definition) is 0. The predicted molar refractivity (Wildman–Crippen MR) is 27.4 cm³/mol. The van der Waals surface area contributed by atoms with Gasteiger partial charge in [-0.2, -0.15) is 0 Å². The normalized spacial score (nSPS) is 7.45. The van der Waals surface area contributed by atoms with E-state index in [1.165, 1.54) is 0 Å². The van der Waals surface area contributed by atoms with Crippen molar-refractivity contribution >= 4 is 71.7 Å². The average Bonchev–Trinajstić information content (AvgIpc) is 1.19. The third kappa shape index (κ3) is 1000. The van der Waals surface area contributed by atoms with E-state index in [4.69, 9.17) is 32.5 Å². The molecule has 11 heavy (non-hydrogen) atoms. The molecule has 0 radical (unpaired) electrons. The van der Waals surface area contributed by atoms with Crippen LogP contribution in [0.2, 0.25) is 0 Å². The van der Waals surface area contributed by atoms with Gasteiger partial charge in [0.05, 0.1) is 0 Å². The van der Waals surface area contributed by atoms with Gasteiger partial charge in [0.25, 0.3) is 0 Å². The fraction of sp³-hybridized carbons (Fsp3) is 0. The number of carbonyl (C=O) groups is 1. The van der Waals surface area contributed by atoms with Crippen molar-refractivity contribution in [3.63, 3.8) is 0 Å². The van der Waals surface area contributed by atoms with Gasteiger partial charge in [-0.3, -0.25) is 8.42 Å². The molecule has 0 spiro atoms. The zero-order chi connectivity index (χ0) is 8.08. The Labute approximate surface area is 103 Å². The van der Waals surface area contributed by atoms with Gasteiger partial charge in [0.15, 0.2) is 0 Å². The van der Waals surface area contributed by atoms with Crippen molar-refractivity contribution in [2.45, 2.75) is 0 Å². The van der Waals surface area contributed by atoms with Crippen LogP contribution in [0.25, 0.3) is 0 Å². The summed E-state index contributed by atoms with van der Waals surface area (Å²) < 4.78 is 34.1. The van der Waals surface area contributed by atoms with Crippen molar-refractivity contribution < 1.29 is 32.5 Å². The fourth-order valence-electron chi connectivity index (χ4n) is 0. The second-order valence-corrected chi connectivity index (χ2v) is 1.47. The number of carboxylic acid groups (broad SMARTS) is 2. The SMILES string of the molecule is O=C([O-])[O-].O=S(=O)([O-])[O-].[Al+3].[Ca+2]. The van der Waals surface area contributed by atoms with Gasteiger partial charge in [0.2, 0.25) is 0 Å². The summed E-state index contributed by atoms with van der Waals surface area (Å²) in [7, 11) is -5.17. The quantitative estimate of drug-likeness (QED) is 0.228. The molecule has 0 aromatic carbocycles. The Morgan fingerprint density at radius 3 is 1.09 bits per heavy atom. The molecule has 0 aliphatic carbocycles. The summed E-state index contributed by atoms with van der Waals surface area (Å²) in [6.07, 6.45) is -2.33. The van der Waals surface area contributed by atoms with Crippen LogP contribution in [0.1, 0.15) is 0 Å². The van der Waals surface area contributed by atoms with E-state index in [2.05, 4.69) is 0 Å². The maximum absolute atomic E-state index is 8.52. The van der Waals surface area contributed by atoms with Gasteiger partial charge in [-0.05, 0) is 6.16 Å². The van der Waals surface area contributed by atoms with Gasteiger partial charge in [0.1, 0.15) is 0 Å². The summed E-state index contributed by atoms with van der Waals surface area (Å²) in [5.74, 6) is 0. The zero-order valence-electron chi connectivity index (χ0n) is 5.05. The van der Waals surface area contributed by atoms with E-state index in [1.54, 1.807) is 0 Å². The zero-order valence-corrected chi connectivity index (χ0v) is 9.23. The Morgan fingerprint density at radius 2 is 1.09 bits per heavy atom. The van der Waals surface area contributed by atoms with Crippen molar-refractivity contribution in [3.05, 3.63) is 0 Å². The Balaban J connectivity index is -0.0000000383. The summed E-state index contributed by atoms with van der Waals surface area (Å²) in [6, 6.07) is 0. The molecule has 0 aromatic rings. The number of carbonyl (C=O) groups excluding carboxylic acids is 1. The van der Waals surface area contributed by atoms with E-state index < -0.39 is 16.6 Å². The molecule has 0 rings (SSSR count). The first-order valence-electron chi connectivity index (χ1n) is 1.28. The second kappa shape index (κ2) is 10.9. The van der Waals surface area contributed by atoms with Gasteiger partial charge in [-0.25, -0.2) is 0 Å². The minimum absolute atomic E-state index is 0. The van der Waals surface area contributed by atoms with Crippen LogP contribution in [0.5, 0.6) is 0 Å². The molecular formula is CAlCaO7S+. The van der Waals surface area contributed by atoms with E-state index >= 15 is 0 Å². The van der Waals surface area contributed by atoms with Gasteiger partial charge in [-0.15, -0.1) is 0 Å². The van der Waals surface area contributed by atoms with Gasteiger partial charge in [-0.1, -0.05) is 0 Å². The van der Waals surface area contributed by atoms with Crippen LogP contribution >= 0.6 is 0 Å². The first kappa shape index (κ1) is 22.7. The first-order valence-corrected chi connectivity index (χ1v) is 2.61. The molecule has 0 fully saturated rings. The molecule has 0 unspecified atom stereocenters. The van der Waals surface area contributed by atoms with Crippen LogP contribution in [-0.4, -0.2) is 78.8 Å². The third-order valence-corrected chi connectivity index (χ3v) is 0. The first-order chi connectivity index (χ1) is 3.73. The van der Waals surface area contributed by atoms with Gasteiger partial charge >= 0.3 is 55.1 Å². The Hall–Kier alpha value is 0.932. The maximum Gasteiger partial charge on any atom is 3.00 e. The predicted octanol–water partition coefficient (Wildman–Crippen LogP) is -4.55. The Kier molecular flexibility index (Phi) is 22.5. The summed E-state index contributed by atoms with van der Waals surface area (Å²) in [5, 5.41) is 16.7. The summed E-state index contributed by atoms with van der Waals surface area (Å²) in [6.45, 7) is 0. The molecule has 10 heteroatoms. The molecule has 7 nitrogen and oxygen atoms in total. The standard InChI is InChI=1S/CH2O3.Al.Ca.H2O4S/c2-1(3)4;;;1-5(2,3)4/h(H2,2,3,4);;;(H2,1,2,3,4)/q;+3;+2;/p-4. The smallest absolute Gasteiger partial charge is 0.759 e. The summed E-state index contributed by atoms with van der Waals surface area (Å²) in [4.78, 5) is 8.33. The van der Waals surface area contributed by atoms with Crippen molar-refractivity contribution in [3.8, 4) is 0 Å². The molecule has 0 saturated carbocycles. The molecule has 0 aromatic heterocycles. The fourth-order valence-corrected chi connectivity index (χ4v) is 0. The molecular weight excluding hydrogens is 223 g/mol. The van der Waals surface area contributed by atoms with Crippen LogP contribution in [0.15, 0.2) is 0 Å². The topological polar surface area (TPSA) is 143 Å². The van der Waals surface area contributed by atoms with Crippen molar-refractivity contribution in [1.29, 1.82) is 0 Å². The minimum Gasteiger partial charge on any atom is -0.759 e. The molecule has 0 bridgehead atoms. The van der Waals surface area contributed by atoms with Crippen LogP contribution in [-0.2, 0) is 10.4 Å². The molecule has 0 saturated heterocycles. The Bertz CT molecular complexity index is 161. The summed E-state index contributed by atoms with van der Waals surface area (Å²) in [5.41, 5.74) is 0. The number of hydrogen-bond acceptors (Lipinski definition) is 7. The van der Waals surface area contributed by atoms with Crippen molar-refractivity contribution in [1.82, 2.24) is 0 Å². The van der Waals surface area contributed by atoms with Gasteiger partial charge in [0, 0.05) is 10.4 Å². The molecule has 0 N–H and O–H groups in total. The van der Waals surface area contributed by atoms with Crippen LogP contribution < -0.4 is 10.2 Å². The van der Waals surface area contributed by atoms with E-state index in [0.717, 1.165) is 0 Å². The average molecular weight is 223 g/mol. The Morgan fingerprint density at radius 1 is 1.09 bits per heavy atom. The third-order valence-electron chi connectivity index (χ3n) is 0. The van der Waals surface area contributed by atoms with E-state index in [1.807, 2.05) is 0 Å². The van der Waals surface area contributed by atoms with Crippen LogP contribution in [0, 0.1) is 0 Å². The van der Waals surface area contributed by atoms with Crippen molar-refractivity contribution in [2.24, 2.45) is 0 Å². The molecule has 0 heterocycles. The monoisotopic (exact) mass is 223 g/mol.